The van der Waals surface area contributed by atoms with E-state index >= 15 is 0 Å². The van der Waals surface area contributed by atoms with Gasteiger partial charge in [-0.05, 0) is 53.5 Å². The minimum Gasteiger partial charge on any atom is -0.335 e. The topological polar surface area (TPSA) is 57.0 Å². The fourth-order valence-electron chi connectivity index (χ4n) is 3.96. The normalized spacial score (nSPS) is 18.4. The van der Waals surface area contributed by atoms with Gasteiger partial charge >= 0.3 is 0 Å². The first-order valence-corrected chi connectivity index (χ1v) is 9.68. The average Bonchev–Trinajstić information content (AvgIpc) is 2.72. The first-order valence-electron chi connectivity index (χ1n) is 9.68. The molecule has 1 atom stereocenters. The highest BCUT2D eigenvalue weighted by atomic mass is 19.1. The highest BCUT2D eigenvalue weighted by Crippen LogP contribution is 2.43. The molecule has 0 N–H and O–H groups in total. The van der Waals surface area contributed by atoms with Gasteiger partial charge in [-0.1, -0.05) is 24.3 Å². The van der Waals surface area contributed by atoms with Crippen LogP contribution in [0.3, 0.4) is 0 Å². The molecule has 1 aliphatic heterocycles. The second-order valence-corrected chi connectivity index (χ2v) is 7.40. The van der Waals surface area contributed by atoms with Crippen LogP contribution in [-0.4, -0.2) is 22.2 Å². The van der Waals surface area contributed by atoms with Gasteiger partial charge < -0.3 is 4.90 Å². The Kier molecular flexibility index (Phi) is 5.16. The molecule has 4 nitrogen and oxygen atoms in total. The number of allylic oxidation sites excluding steroid dienone is 5. The number of fused-ring (bicyclic) bond motifs is 1. The van der Waals surface area contributed by atoms with E-state index in [-0.39, 0.29) is 18.0 Å². The van der Waals surface area contributed by atoms with Gasteiger partial charge in [0.05, 0.1) is 11.6 Å². The predicted octanol–water partition coefficient (Wildman–Crippen LogP) is 4.83. The van der Waals surface area contributed by atoms with Gasteiger partial charge in [0.25, 0.3) is 0 Å². The van der Waals surface area contributed by atoms with E-state index in [9.17, 15) is 14.4 Å². The maximum absolute atomic E-state index is 14.0. The van der Waals surface area contributed by atoms with E-state index in [1.54, 1.807) is 29.3 Å². The minimum absolute atomic E-state index is 0.0423. The van der Waals surface area contributed by atoms with Crippen molar-refractivity contribution in [2.24, 2.45) is 0 Å². The third kappa shape index (κ3) is 3.48. The van der Waals surface area contributed by atoms with Crippen LogP contribution < -0.4 is 0 Å². The molecule has 2 aliphatic rings. The van der Waals surface area contributed by atoms with Gasteiger partial charge in [-0.3, -0.25) is 9.78 Å². The number of Topliss-reactive ketones (excluding diaryl/α,β-unsaturated/α-hetero) is 1. The largest absolute Gasteiger partial charge is 0.335 e. The third-order valence-corrected chi connectivity index (χ3v) is 5.30. The summed E-state index contributed by atoms with van der Waals surface area (Å²) >= 11 is 0. The number of nitriles is 1. The molecular formula is C25H20FN3O. The van der Waals surface area contributed by atoms with Gasteiger partial charge in [0.15, 0.2) is 0 Å². The van der Waals surface area contributed by atoms with Crippen molar-refractivity contribution >= 4 is 11.4 Å². The van der Waals surface area contributed by atoms with Crippen LogP contribution in [0.1, 0.15) is 29.2 Å². The Bertz CT molecular complexity index is 1180. The molecule has 2 aromatic rings. The van der Waals surface area contributed by atoms with Crippen molar-refractivity contribution in [3.05, 3.63) is 107 Å². The summed E-state index contributed by atoms with van der Waals surface area (Å²) in [5.41, 5.74) is 4.92. The lowest BCUT2D eigenvalue weighted by Crippen LogP contribution is -2.27. The molecule has 1 aromatic heterocycles. The lowest BCUT2D eigenvalue weighted by Gasteiger charge is -2.33. The Morgan fingerprint density at radius 1 is 1.37 bits per heavy atom. The number of aromatic nitrogens is 1. The zero-order chi connectivity index (χ0) is 21.3. The zero-order valence-corrected chi connectivity index (χ0v) is 16.6. The second-order valence-electron chi connectivity index (χ2n) is 7.40. The molecule has 1 unspecified atom stereocenters. The van der Waals surface area contributed by atoms with Crippen LogP contribution in [0.5, 0.6) is 0 Å². The van der Waals surface area contributed by atoms with E-state index in [1.807, 2.05) is 31.3 Å². The van der Waals surface area contributed by atoms with E-state index in [0.29, 0.717) is 29.1 Å². The van der Waals surface area contributed by atoms with Crippen LogP contribution in [0.25, 0.3) is 5.57 Å². The maximum Gasteiger partial charge on any atom is 0.150 e. The molecule has 4 rings (SSSR count). The molecule has 0 radical (unpaired) electrons. The van der Waals surface area contributed by atoms with Crippen LogP contribution in [-0.2, 0) is 4.79 Å². The molecule has 2 heterocycles. The third-order valence-electron chi connectivity index (χ3n) is 5.30. The molecule has 0 saturated heterocycles. The number of pyridine rings is 1. The number of carbonyl (C=O) groups is 1. The van der Waals surface area contributed by atoms with Crippen molar-refractivity contribution in [2.75, 3.05) is 6.54 Å². The lowest BCUT2D eigenvalue weighted by molar-refractivity contribution is -0.119. The molecule has 1 aromatic carbocycles. The molecule has 0 bridgehead atoms. The fraction of sp³-hybridized carbons (Fsp3) is 0.160. The SMILES string of the molecule is C=CCN1C=C2CC(=O)C(c3cc(C)ccn3)C=C2C(c2cccc(F)c2)=C1C#N. The van der Waals surface area contributed by atoms with E-state index in [1.165, 1.54) is 12.1 Å². The summed E-state index contributed by atoms with van der Waals surface area (Å²) in [5, 5.41) is 9.94. The standard InChI is InChI=1S/C25H20FN3O/c1-3-9-29-15-18-12-24(30)21(22-10-16(2)7-8-28-22)13-20(18)25(23(29)14-27)17-5-4-6-19(26)11-17/h3-8,10-11,13,15,21H,1,9,12H2,2H3. The molecule has 0 amide bonds. The number of ketones is 1. The number of hydrogen-bond acceptors (Lipinski definition) is 4. The molecule has 0 spiro atoms. The second kappa shape index (κ2) is 7.92. The van der Waals surface area contributed by atoms with E-state index in [4.69, 9.17) is 0 Å². The van der Waals surface area contributed by atoms with Crippen molar-refractivity contribution in [3.63, 3.8) is 0 Å². The van der Waals surface area contributed by atoms with Crippen LogP contribution in [0.2, 0.25) is 0 Å². The van der Waals surface area contributed by atoms with Crippen LogP contribution in [0.4, 0.5) is 4.39 Å². The van der Waals surface area contributed by atoms with Gasteiger partial charge in [0.2, 0.25) is 0 Å². The molecular weight excluding hydrogens is 377 g/mol. The summed E-state index contributed by atoms with van der Waals surface area (Å²) in [5.74, 6) is -0.847. The number of hydrogen-bond donors (Lipinski definition) is 0. The smallest absolute Gasteiger partial charge is 0.150 e. The number of rotatable bonds is 4. The fourth-order valence-corrected chi connectivity index (χ4v) is 3.96. The molecule has 148 valence electrons. The van der Waals surface area contributed by atoms with Crippen molar-refractivity contribution < 1.29 is 9.18 Å². The van der Waals surface area contributed by atoms with Crippen molar-refractivity contribution in [3.8, 4) is 6.07 Å². The summed E-state index contributed by atoms with van der Waals surface area (Å²) in [7, 11) is 0. The Morgan fingerprint density at radius 3 is 2.90 bits per heavy atom. The Balaban J connectivity index is 1.94. The summed E-state index contributed by atoms with van der Waals surface area (Å²) in [4.78, 5) is 19.1. The minimum atomic E-state index is -0.508. The predicted molar refractivity (Wildman–Crippen MR) is 113 cm³/mol. The Morgan fingerprint density at radius 2 is 2.20 bits per heavy atom. The Labute approximate surface area is 175 Å². The zero-order valence-electron chi connectivity index (χ0n) is 16.6. The molecule has 0 saturated carbocycles. The number of halogens is 1. The first kappa shape index (κ1) is 19.5. The number of nitrogens with zero attached hydrogens (tertiary/aromatic N) is 3. The maximum atomic E-state index is 14.0. The number of aryl methyl sites for hydroxylation is 1. The van der Waals surface area contributed by atoms with Crippen molar-refractivity contribution in [2.45, 2.75) is 19.3 Å². The summed E-state index contributed by atoms with van der Waals surface area (Å²) in [6.45, 7) is 6.13. The van der Waals surface area contributed by atoms with Crippen LogP contribution in [0.15, 0.2) is 84.4 Å². The highest BCUT2D eigenvalue weighted by Gasteiger charge is 2.34. The monoisotopic (exact) mass is 397 g/mol. The lowest BCUT2D eigenvalue weighted by atomic mass is 9.77. The molecule has 5 heteroatoms. The molecule has 1 aliphatic carbocycles. The van der Waals surface area contributed by atoms with Crippen molar-refractivity contribution in [1.82, 2.24) is 9.88 Å². The summed E-state index contributed by atoms with van der Waals surface area (Å²) < 4.78 is 14.0. The van der Waals surface area contributed by atoms with Gasteiger partial charge in [0, 0.05) is 30.9 Å². The van der Waals surface area contributed by atoms with Gasteiger partial charge in [0.1, 0.15) is 23.4 Å². The average molecular weight is 397 g/mol. The van der Waals surface area contributed by atoms with E-state index in [2.05, 4.69) is 17.6 Å². The van der Waals surface area contributed by atoms with Crippen LogP contribution >= 0.6 is 0 Å². The van der Waals surface area contributed by atoms with E-state index in [0.717, 1.165) is 16.7 Å². The molecule has 0 fully saturated rings. The first-order chi connectivity index (χ1) is 14.5. The number of carbonyl (C=O) groups excluding carboxylic acids is 1. The molecule has 30 heavy (non-hydrogen) atoms. The Hall–Kier alpha value is -3.78. The highest BCUT2D eigenvalue weighted by molar-refractivity contribution is 5.99. The summed E-state index contributed by atoms with van der Waals surface area (Å²) in [6, 6.07) is 12.2. The van der Waals surface area contributed by atoms with Gasteiger partial charge in [-0.15, -0.1) is 6.58 Å². The number of benzene rings is 1. The van der Waals surface area contributed by atoms with Gasteiger partial charge in [-0.2, -0.15) is 5.26 Å². The van der Waals surface area contributed by atoms with E-state index < -0.39 is 5.92 Å². The van der Waals surface area contributed by atoms with Gasteiger partial charge in [-0.25, -0.2) is 4.39 Å². The quantitative estimate of drug-likeness (QED) is 0.693. The van der Waals surface area contributed by atoms with Crippen molar-refractivity contribution in [1.29, 1.82) is 5.26 Å². The van der Waals surface area contributed by atoms with Crippen LogP contribution in [0, 0.1) is 24.1 Å². The summed E-state index contributed by atoms with van der Waals surface area (Å²) in [6.07, 6.45) is 7.29.